The zero-order valence-corrected chi connectivity index (χ0v) is 23.6. The summed E-state index contributed by atoms with van der Waals surface area (Å²) in [4.78, 5) is 41.3. The number of nitriles is 1. The molecule has 0 aliphatic carbocycles. The SMILES string of the molecule is CCOC(=O)C(C#N)CC1SC(CCNc2cccc(NC(=O)CN(C)Cc3ccccc3)c2)C(=O)N1CC. The predicted molar refractivity (Wildman–Crippen MR) is 154 cm³/mol. The summed E-state index contributed by atoms with van der Waals surface area (Å²) in [5.41, 5.74) is 2.69. The zero-order valence-electron chi connectivity index (χ0n) is 22.8. The lowest BCUT2D eigenvalue weighted by molar-refractivity contribution is -0.146. The second-order valence-corrected chi connectivity index (χ2v) is 10.8. The smallest absolute Gasteiger partial charge is 0.323 e. The Bertz CT molecular complexity index is 1160. The Hall–Kier alpha value is -3.55. The number of hydrogen-bond acceptors (Lipinski definition) is 8. The van der Waals surface area contributed by atoms with Gasteiger partial charge in [-0.1, -0.05) is 36.4 Å². The zero-order chi connectivity index (χ0) is 28.2. The fraction of sp³-hybridized carbons (Fsp3) is 0.448. The van der Waals surface area contributed by atoms with Gasteiger partial charge in [0.1, 0.15) is 5.92 Å². The minimum Gasteiger partial charge on any atom is -0.465 e. The first kappa shape index (κ1) is 30.0. The highest BCUT2D eigenvalue weighted by atomic mass is 32.2. The van der Waals surface area contributed by atoms with Crippen LogP contribution in [0.5, 0.6) is 0 Å². The third-order valence-corrected chi connectivity index (χ3v) is 7.85. The normalized spacial score (nSPS) is 17.5. The summed E-state index contributed by atoms with van der Waals surface area (Å²) < 4.78 is 5.01. The Morgan fingerprint density at radius 1 is 1.15 bits per heavy atom. The summed E-state index contributed by atoms with van der Waals surface area (Å²) in [6.45, 7) is 5.85. The Kier molecular flexibility index (Phi) is 11.6. The van der Waals surface area contributed by atoms with Crippen LogP contribution in [0.1, 0.15) is 32.3 Å². The molecule has 0 bridgehead atoms. The van der Waals surface area contributed by atoms with Crippen molar-refractivity contribution < 1.29 is 19.1 Å². The Morgan fingerprint density at radius 3 is 2.59 bits per heavy atom. The fourth-order valence-electron chi connectivity index (χ4n) is 4.48. The molecule has 1 heterocycles. The average molecular weight is 552 g/mol. The Balaban J connectivity index is 1.48. The number of likely N-dealkylation sites (N-methyl/N-ethyl adjacent to an activating group) is 1. The van der Waals surface area contributed by atoms with Gasteiger partial charge in [0, 0.05) is 37.4 Å². The first-order valence-electron chi connectivity index (χ1n) is 13.2. The molecule has 39 heavy (non-hydrogen) atoms. The molecular weight excluding hydrogens is 514 g/mol. The summed E-state index contributed by atoms with van der Waals surface area (Å²) in [5.74, 6) is -1.50. The van der Waals surface area contributed by atoms with Gasteiger partial charge >= 0.3 is 5.97 Å². The first-order chi connectivity index (χ1) is 18.8. The number of anilines is 2. The number of nitrogens with zero attached hydrogens (tertiary/aromatic N) is 3. The minimum atomic E-state index is -0.891. The Morgan fingerprint density at radius 2 is 1.90 bits per heavy atom. The molecule has 2 N–H and O–H groups in total. The van der Waals surface area contributed by atoms with Gasteiger partial charge in [-0.05, 0) is 51.1 Å². The quantitative estimate of drug-likeness (QED) is 0.339. The molecule has 0 saturated carbocycles. The highest BCUT2D eigenvalue weighted by Gasteiger charge is 2.41. The summed E-state index contributed by atoms with van der Waals surface area (Å²) in [6, 6.07) is 19.5. The van der Waals surface area contributed by atoms with Gasteiger partial charge < -0.3 is 20.3 Å². The number of esters is 1. The van der Waals surface area contributed by atoms with Gasteiger partial charge in [0.05, 0.1) is 29.8 Å². The van der Waals surface area contributed by atoms with Crippen LogP contribution in [0.3, 0.4) is 0 Å². The molecule has 3 unspecified atom stereocenters. The van der Waals surface area contributed by atoms with Gasteiger partial charge in [-0.15, -0.1) is 11.8 Å². The molecule has 2 amide bonds. The topological polar surface area (TPSA) is 115 Å². The molecule has 0 spiro atoms. The molecule has 2 aromatic carbocycles. The van der Waals surface area contributed by atoms with E-state index in [-0.39, 0.29) is 42.0 Å². The maximum Gasteiger partial charge on any atom is 0.323 e. The molecule has 0 radical (unpaired) electrons. The lowest BCUT2D eigenvalue weighted by atomic mass is 10.1. The number of amides is 2. The van der Waals surface area contributed by atoms with Crippen LogP contribution < -0.4 is 10.6 Å². The standard InChI is InChI=1S/C29H37N5O4S/c1-4-34-27(16-22(18-30)29(37)38-5-2)39-25(28(34)36)14-15-31-23-12-9-13-24(17-23)32-26(35)20-33(3)19-21-10-7-6-8-11-21/h6-13,17,22,25,27,31H,4-5,14-16,19-20H2,1-3H3,(H,32,35). The second-order valence-electron chi connectivity index (χ2n) is 9.38. The van der Waals surface area contributed by atoms with Crippen molar-refractivity contribution in [3.8, 4) is 6.07 Å². The predicted octanol–water partition coefficient (Wildman–Crippen LogP) is 3.94. The number of carbonyl (C=O) groups excluding carboxylic acids is 3. The molecule has 3 rings (SSSR count). The Labute approximate surface area is 234 Å². The molecule has 1 aliphatic rings. The van der Waals surface area contributed by atoms with Crippen molar-refractivity contribution in [2.75, 3.05) is 43.9 Å². The number of thioether (sulfide) groups is 1. The third-order valence-electron chi connectivity index (χ3n) is 6.32. The lowest BCUT2D eigenvalue weighted by Gasteiger charge is -2.23. The van der Waals surface area contributed by atoms with E-state index < -0.39 is 11.9 Å². The van der Waals surface area contributed by atoms with Crippen LogP contribution in [0, 0.1) is 17.2 Å². The van der Waals surface area contributed by atoms with Gasteiger partial charge in [-0.25, -0.2) is 0 Å². The van der Waals surface area contributed by atoms with Crippen LogP contribution in [0.25, 0.3) is 0 Å². The summed E-state index contributed by atoms with van der Waals surface area (Å²) in [7, 11) is 1.91. The van der Waals surface area contributed by atoms with E-state index in [9.17, 15) is 19.6 Å². The summed E-state index contributed by atoms with van der Waals surface area (Å²) in [6.07, 6.45) is 0.847. The van der Waals surface area contributed by atoms with E-state index in [1.807, 2.05) is 79.5 Å². The van der Waals surface area contributed by atoms with E-state index in [1.165, 1.54) is 11.8 Å². The number of ether oxygens (including phenoxy) is 1. The van der Waals surface area contributed by atoms with Crippen molar-refractivity contribution in [1.29, 1.82) is 5.26 Å². The van der Waals surface area contributed by atoms with Crippen LogP contribution in [0.4, 0.5) is 11.4 Å². The molecule has 2 aromatic rings. The van der Waals surface area contributed by atoms with E-state index >= 15 is 0 Å². The number of carbonyl (C=O) groups is 3. The van der Waals surface area contributed by atoms with Crippen molar-refractivity contribution in [3.63, 3.8) is 0 Å². The molecule has 3 atom stereocenters. The molecule has 1 fully saturated rings. The van der Waals surface area contributed by atoms with Gasteiger partial charge in [-0.2, -0.15) is 5.26 Å². The van der Waals surface area contributed by atoms with Crippen LogP contribution >= 0.6 is 11.8 Å². The van der Waals surface area contributed by atoms with Crippen molar-refractivity contribution in [1.82, 2.24) is 9.80 Å². The molecule has 10 heteroatoms. The van der Waals surface area contributed by atoms with Gasteiger partial charge in [-0.3, -0.25) is 19.3 Å². The highest BCUT2D eigenvalue weighted by molar-refractivity contribution is 8.01. The number of benzene rings is 2. The summed E-state index contributed by atoms with van der Waals surface area (Å²) in [5, 5.41) is 15.2. The number of rotatable bonds is 14. The van der Waals surface area contributed by atoms with Crippen LogP contribution in [-0.2, 0) is 25.7 Å². The molecule has 9 nitrogen and oxygen atoms in total. The van der Waals surface area contributed by atoms with Gasteiger partial charge in [0.25, 0.3) is 0 Å². The third kappa shape index (κ3) is 9.01. The molecule has 1 aliphatic heterocycles. The van der Waals surface area contributed by atoms with Crippen LogP contribution in [-0.4, -0.2) is 71.5 Å². The fourth-order valence-corrected chi connectivity index (χ4v) is 6.07. The molecule has 0 aromatic heterocycles. The van der Waals surface area contributed by atoms with Crippen molar-refractivity contribution in [2.24, 2.45) is 5.92 Å². The molecular formula is C29H37N5O4S. The monoisotopic (exact) mass is 551 g/mol. The maximum atomic E-state index is 13.0. The van der Waals surface area contributed by atoms with Gasteiger partial charge in [0.15, 0.2) is 0 Å². The van der Waals surface area contributed by atoms with E-state index in [4.69, 9.17) is 4.74 Å². The minimum absolute atomic E-state index is 0.0236. The van der Waals surface area contributed by atoms with E-state index in [2.05, 4.69) is 10.6 Å². The van der Waals surface area contributed by atoms with Crippen molar-refractivity contribution in [3.05, 3.63) is 60.2 Å². The van der Waals surface area contributed by atoms with Crippen LogP contribution in [0.15, 0.2) is 54.6 Å². The van der Waals surface area contributed by atoms with E-state index in [0.29, 0.717) is 31.7 Å². The highest BCUT2D eigenvalue weighted by Crippen LogP contribution is 2.37. The molecule has 208 valence electrons. The number of nitrogens with one attached hydrogen (secondary N) is 2. The van der Waals surface area contributed by atoms with E-state index in [1.54, 1.807) is 11.8 Å². The second kappa shape index (κ2) is 15.1. The molecule has 1 saturated heterocycles. The maximum absolute atomic E-state index is 13.0. The van der Waals surface area contributed by atoms with Gasteiger partial charge in [0.2, 0.25) is 11.8 Å². The number of hydrogen-bond donors (Lipinski definition) is 2. The van der Waals surface area contributed by atoms with Crippen molar-refractivity contribution in [2.45, 2.75) is 43.9 Å². The largest absolute Gasteiger partial charge is 0.465 e. The van der Waals surface area contributed by atoms with E-state index in [0.717, 1.165) is 11.3 Å². The summed E-state index contributed by atoms with van der Waals surface area (Å²) >= 11 is 1.50. The van der Waals surface area contributed by atoms with Crippen LogP contribution in [0.2, 0.25) is 0 Å². The first-order valence-corrected chi connectivity index (χ1v) is 14.2. The average Bonchev–Trinajstić information content (AvgIpc) is 3.21. The lowest BCUT2D eigenvalue weighted by Crippen LogP contribution is -2.36. The van der Waals surface area contributed by atoms with Crippen molar-refractivity contribution >= 4 is 40.9 Å².